The lowest BCUT2D eigenvalue weighted by atomic mass is 10.3. The van der Waals surface area contributed by atoms with E-state index in [0.29, 0.717) is 12.3 Å². The van der Waals surface area contributed by atoms with Crippen LogP contribution in [0.3, 0.4) is 0 Å². The van der Waals surface area contributed by atoms with Crippen LogP contribution in [0.25, 0.3) is 5.69 Å². The highest BCUT2D eigenvalue weighted by Crippen LogP contribution is 2.32. The van der Waals surface area contributed by atoms with Crippen molar-refractivity contribution in [3.63, 3.8) is 0 Å². The van der Waals surface area contributed by atoms with Gasteiger partial charge in [-0.3, -0.25) is 0 Å². The fourth-order valence-electron chi connectivity index (χ4n) is 1.66. The van der Waals surface area contributed by atoms with Gasteiger partial charge in [-0.2, -0.15) is 5.10 Å². The molecule has 0 aliphatic carbocycles. The summed E-state index contributed by atoms with van der Waals surface area (Å²) < 4.78 is 7.45. The number of hydrogen-bond donors (Lipinski definition) is 0. The molecule has 1 heterocycles. The zero-order chi connectivity index (χ0) is 14.7. The van der Waals surface area contributed by atoms with E-state index in [1.54, 1.807) is 17.8 Å². The summed E-state index contributed by atoms with van der Waals surface area (Å²) >= 11 is 10.2. The number of carbonyl (C=O) groups is 1. The van der Waals surface area contributed by atoms with Crippen molar-refractivity contribution in [2.75, 3.05) is 6.61 Å². The molecule has 0 bridgehead atoms. The van der Waals surface area contributed by atoms with Gasteiger partial charge >= 0.3 is 5.97 Å². The van der Waals surface area contributed by atoms with Gasteiger partial charge in [0.05, 0.1) is 16.0 Å². The molecule has 0 spiro atoms. The summed E-state index contributed by atoms with van der Waals surface area (Å²) in [5.74, 6) is -0.430. The monoisotopic (exact) mass is 464 g/mol. The Kier molecular flexibility index (Phi) is 5.40. The van der Waals surface area contributed by atoms with E-state index in [4.69, 9.17) is 4.74 Å². The highest BCUT2D eigenvalue weighted by atomic mass is 79.9. The molecule has 0 amide bonds. The highest BCUT2D eigenvalue weighted by molar-refractivity contribution is 9.24. The lowest BCUT2D eigenvalue weighted by molar-refractivity contribution is 0.0518. The van der Waals surface area contributed by atoms with Crippen molar-refractivity contribution >= 4 is 53.8 Å². The Balaban J connectivity index is 2.46. The summed E-state index contributed by atoms with van der Waals surface area (Å²) in [6, 6.07) is 7.67. The molecule has 0 N–H and O–H groups in total. The minimum atomic E-state index is -0.430. The molecule has 0 saturated heterocycles. The van der Waals surface area contributed by atoms with E-state index in [1.165, 1.54) is 0 Å². The molecule has 0 aliphatic heterocycles. The van der Waals surface area contributed by atoms with Gasteiger partial charge in [-0.05, 0) is 25.1 Å². The number of carbonyl (C=O) groups excluding carboxylic acids is 1. The first-order valence-corrected chi connectivity index (χ1v) is 8.46. The van der Waals surface area contributed by atoms with Gasteiger partial charge in [-0.1, -0.05) is 53.9 Å². The van der Waals surface area contributed by atoms with Gasteiger partial charge in [-0.15, -0.1) is 0 Å². The van der Waals surface area contributed by atoms with Crippen molar-refractivity contribution in [3.8, 4) is 5.69 Å². The van der Waals surface area contributed by atoms with E-state index >= 15 is 0 Å². The topological polar surface area (TPSA) is 44.1 Å². The van der Waals surface area contributed by atoms with E-state index in [1.807, 2.05) is 24.3 Å². The second-order valence-corrected chi connectivity index (χ2v) is 7.85. The van der Waals surface area contributed by atoms with E-state index in [0.717, 1.165) is 15.7 Å². The molecule has 0 radical (unpaired) electrons. The lowest BCUT2D eigenvalue weighted by Crippen LogP contribution is -2.08. The predicted octanol–water partition coefficient (Wildman–Crippen LogP) is 4.60. The second kappa shape index (κ2) is 6.87. The number of esters is 1. The number of aromatic nitrogens is 2. The van der Waals surface area contributed by atoms with Gasteiger partial charge in [0.25, 0.3) is 0 Å². The minimum absolute atomic E-state index is 0.171. The summed E-state index contributed by atoms with van der Waals surface area (Å²) in [7, 11) is 0. The summed E-state index contributed by atoms with van der Waals surface area (Å²) in [6.45, 7) is 2.08. The predicted molar refractivity (Wildman–Crippen MR) is 87.8 cm³/mol. The van der Waals surface area contributed by atoms with Crippen LogP contribution in [-0.2, 0) is 4.74 Å². The van der Waals surface area contributed by atoms with E-state index in [9.17, 15) is 4.79 Å². The summed E-state index contributed by atoms with van der Waals surface area (Å²) in [5.41, 5.74) is 1.88. The number of hydrogen-bond acceptors (Lipinski definition) is 3. The molecule has 0 atom stereocenters. The Bertz CT molecular complexity index is 626. The summed E-state index contributed by atoms with van der Waals surface area (Å²) in [4.78, 5) is 11.9. The van der Waals surface area contributed by atoms with E-state index in [-0.39, 0.29) is 3.74 Å². The standard InChI is InChI=1S/C13H11Br3N2O2/c1-2-20-13(19)11-10(12(15)16)7-18(17-11)9-5-3-4-8(14)6-9/h3-7,12H,2H2,1H3. The zero-order valence-corrected chi connectivity index (χ0v) is 15.3. The quantitative estimate of drug-likeness (QED) is 0.488. The summed E-state index contributed by atoms with van der Waals surface area (Å²) in [5, 5.41) is 4.32. The van der Waals surface area contributed by atoms with Crippen LogP contribution in [0.5, 0.6) is 0 Å². The van der Waals surface area contributed by atoms with Crippen LogP contribution in [-0.4, -0.2) is 22.4 Å². The Labute approximate surface area is 141 Å². The number of benzene rings is 1. The first-order chi connectivity index (χ1) is 9.52. The van der Waals surface area contributed by atoms with Gasteiger partial charge in [0, 0.05) is 16.2 Å². The molecular weight excluding hydrogens is 456 g/mol. The maximum Gasteiger partial charge on any atom is 0.359 e. The third kappa shape index (κ3) is 3.51. The maximum absolute atomic E-state index is 11.9. The highest BCUT2D eigenvalue weighted by Gasteiger charge is 2.22. The van der Waals surface area contributed by atoms with Gasteiger partial charge in [-0.25, -0.2) is 9.48 Å². The van der Waals surface area contributed by atoms with Crippen molar-refractivity contribution in [2.45, 2.75) is 10.7 Å². The second-order valence-electron chi connectivity index (χ2n) is 3.88. The molecule has 20 heavy (non-hydrogen) atoms. The van der Waals surface area contributed by atoms with Crippen LogP contribution in [0.1, 0.15) is 26.7 Å². The van der Waals surface area contributed by atoms with Crippen molar-refractivity contribution in [3.05, 3.63) is 46.2 Å². The van der Waals surface area contributed by atoms with Crippen LogP contribution < -0.4 is 0 Å². The van der Waals surface area contributed by atoms with Crippen molar-refractivity contribution in [1.29, 1.82) is 0 Å². The molecule has 2 aromatic rings. The zero-order valence-electron chi connectivity index (χ0n) is 10.5. The van der Waals surface area contributed by atoms with E-state index in [2.05, 4.69) is 52.9 Å². The summed E-state index contributed by atoms with van der Waals surface area (Å²) in [6.07, 6.45) is 1.79. The largest absolute Gasteiger partial charge is 0.461 e. The minimum Gasteiger partial charge on any atom is -0.461 e. The SMILES string of the molecule is CCOC(=O)c1nn(-c2cccc(Br)c2)cc1C(Br)Br. The fourth-order valence-corrected chi connectivity index (χ4v) is 2.71. The molecule has 0 unspecified atom stereocenters. The molecule has 0 fully saturated rings. The average molecular weight is 467 g/mol. The molecule has 106 valence electrons. The van der Waals surface area contributed by atoms with Crippen molar-refractivity contribution in [2.24, 2.45) is 0 Å². The third-order valence-corrected chi connectivity index (χ3v) is 4.00. The van der Waals surface area contributed by atoms with Crippen molar-refractivity contribution < 1.29 is 9.53 Å². The average Bonchev–Trinajstić information content (AvgIpc) is 2.84. The molecular formula is C13H11Br3N2O2. The van der Waals surface area contributed by atoms with Gasteiger partial charge in [0.2, 0.25) is 0 Å². The Morgan fingerprint density at radius 2 is 2.20 bits per heavy atom. The molecule has 2 rings (SSSR count). The first-order valence-electron chi connectivity index (χ1n) is 5.83. The molecule has 0 aliphatic rings. The van der Waals surface area contributed by atoms with Gasteiger partial charge in [0.1, 0.15) is 0 Å². The van der Waals surface area contributed by atoms with Crippen LogP contribution in [0, 0.1) is 0 Å². The van der Waals surface area contributed by atoms with Gasteiger partial charge < -0.3 is 4.74 Å². The number of nitrogens with zero attached hydrogens (tertiary/aromatic N) is 2. The Hall–Kier alpha value is -0.660. The van der Waals surface area contributed by atoms with Crippen LogP contribution in [0.15, 0.2) is 34.9 Å². The molecule has 4 nitrogen and oxygen atoms in total. The Morgan fingerprint density at radius 3 is 2.80 bits per heavy atom. The van der Waals surface area contributed by atoms with Crippen LogP contribution >= 0.6 is 47.8 Å². The third-order valence-electron chi connectivity index (χ3n) is 2.52. The lowest BCUT2D eigenvalue weighted by Gasteiger charge is -2.02. The van der Waals surface area contributed by atoms with Gasteiger partial charge in [0.15, 0.2) is 5.69 Å². The normalized spacial score (nSPS) is 10.8. The van der Waals surface area contributed by atoms with Crippen LogP contribution in [0.4, 0.5) is 0 Å². The fraction of sp³-hybridized carbons (Fsp3) is 0.231. The number of halogens is 3. The van der Waals surface area contributed by atoms with Crippen molar-refractivity contribution in [1.82, 2.24) is 9.78 Å². The smallest absolute Gasteiger partial charge is 0.359 e. The molecule has 7 heteroatoms. The maximum atomic E-state index is 11.9. The number of rotatable bonds is 4. The molecule has 1 aromatic carbocycles. The molecule has 0 saturated carbocycles. The van der Waals surface area contributed by atoms with E-state index < -0.39 is 5.97 Å². The van der Waals surface area contributed by atoms with Crippen LogP contribution in [0.2, 0.25) is 0 Å². The number of alkyl halides is 2. The Morgan fingerprint density at radius 1 is 1.45 bits per heavy atom. The number of ether oxygens (including phenoxy) is 1. The first kappa shape index (κ1) is 15.7. The molecule has 1 aromatic heterocycles.